The number of ether oxygens (including phenoxy) is 1. The highest BCUT2D eigenvalue weighted by atomic mass is 16.5. The van der Waals surface area contributed by atoms with Gasteiger partial charge in [-0.1, -0.05) is 54.6 Å². The van der Waals surface area contributed by atoms with Crippen LogP contribution in [0.4, 0.5) is 0 Å². The molecule has 0 unspecified atom stereocenters. The van der Waals surface area contributed by atoms with Gasteiger partial charge in [-0.2, -0.15) is 0 Å². The molecule has 0 aliphatic carbocycles. The first-order valence-electron chi connectivity index (χ1n) is 11.5. The van der Waals surface area contributed by atoms with E-state index in [-0.39, 0.29) is 0 Å². The third-order valence-electron chi connectivity index (χ3n) is 6.49. The van der Waals surface area contributed by atoms with Gasteiger partial charge in [0.05, 0.1) is 13.2 Å². The van der Waals surface area contributed by atoms with Gasteiger partial charge in [-0.15, -0.1) is 0 Å². The molecule has 0 bridgehead atoms. The van der Waals surface area contributed by atoms with E-state index in [1.807, 2.05) is 18.2 Å². The van der Waals surface area contributed by atoms with E-state index < -0.39 is 0 Å². The quantitative estimate of drug-likeness (QED) is 0.698. The molecule has 0 aromatic heterocycles. The summed E-state index contributed by atoms with van der Waals surface area (Å²) in [6.07, 6.45) is 4.83. The number of amides is 1. The van der Waals surface area contributed by atoms with Crippen LogP contribution in [0.15, 0.2) is 54.6 Å². The molecule has 0 N–H and O–H groups in total. The van der Waals surface area contributed by atoms with Crippen molar-refractivity contribution in [3.63, 3.8) is 0 Å². The Morgan fingerprint density at radius 3 is 2.20 bits per heavy atom. The number of rotatable bonds is 7. The normalized spacial score (nSPS) is 18.5. The second-order valence-corrected chi connectivity index (χ2v) is 8.72. The smallest absolute Gasteiger partial charge is 0.222 e. The Balaban J connectivity index is 1.18. The van der Waals surface area contributed by atoms with Crippen LogP contribution in [-0.4, -0.2) is 55.1 Å². The van der Waals surface area contributed by atoms with Gasteiger partial charge in [-0.25, -0.2) is 0 Å². The summed E-state index contributed by atoms with van der Waals surface area (Å²) in [6, 6.07) is 19.5. The summed E-state index contributed by atoms with van der Waals surface area (Å²) in [5.74, 6) is 0.998. The fraction of sp³-hybridized carbons (Fsp3) is 0.500. The molecule has 2 fully saturated rings. The third-order valence-corrected chi connectivity index (χ3v) is 6.49. The van der Waals surface area contributed by atoms with E-state index in [0.29, 0.717) is 18.2 Å². The van der Waals surface area contributed by atoms with Crippen LogP contribution in [0.2, 0.25) is 0 Å². The summed E-state index contributed by atoms with van der Waals surface area (Å²) >= 11 is 0. The van der Waals surface area contributed by atoms with Crippen molar-refractivity contribution >= 4 is 5.91 Å². The SMILES string of the molecule is O=C(CCc1ccccc1)N1CCC(Cc2ccc(CN3CCOCC3)cc2)CC1. The molecule has 0 radical (unpaired) electrons. The van der Waals surface area contributed by atoms with Gasteiger partial charge in [0, 0.05) is 39.1 Å². The van der Waals surface area contributed by atoms with Crippen molar-refractivity contribution in [2.45, 2.75) is 38.6 Å². The van der Waals surface area contributed by atoms with Crippen molar-refractivity contribution in [3.05, 3.63) is 71.3 Å². The largest absolute Gasteiger partial charge is 0.379 e. The number of piperidine rings is 1. The van der Waals surface area contributed by atoms with Crippen molar-refractivity contribution in [2.24, 2.45) is 5.92 Å². The van der Waals surface area contributed by atoms with Gasteiger partial charge in [0.15, 0.2) is 0 Å². The number of morpholine rings is 1. The average molecular weight is 407 g/mol. The molecule has 2 aliphatic heterocycles. The van der Waals surface area contributed by atoms with Crippen LogP contribution in [0.5, 0.6) is 0 Å². The molecule has 0 spiro atoms. The molecule has 0 atom stereocenters. The Labute approximate surface area is 180 Å². The maximum absolute atomic E-state index is 12.6. The molecule has 2 aromatic carbocycles. The molecule has 2 heterocycles. The van der Waals surface area contributed by atoms with E-state index >= 15 is 0 Å². The second-order valence-electron chi connectivity index (χ2n) is 8.72. The van der Waals surface area contributed by atoms with Gasteiger partial charge in [-0.05, 0) is 48.3 Å². The van der Waals surface area contributed by atoms with Crippen LogP contribution in [0, 0.1) is 5.92 Å². The van der Waals surface area contributed by atoms with Crippen LogP contribution < -0.4 is 0 Å². The Kier molecular flexibility index (Phi) is 7.54. The predicted octanol–water partition coefficient (Wildman–Crippen LogP) is 3.93. The molecule has 2 saturated heterocycles. The number of carbonyl (C=O) groups excluding carboxylic acids is 1. The summed E-state index contributed by atoms with van der Waals surface area (Å²) in [4.78, 5) is 17.1. The number of hydrogen-bond donors (Lipinski definition) is 0. The molecule has 4 nitrogen and oxygen atoms in total. The summed E-state index contributed by atoms with van der Waals surface area (Å²) in [7, 11) is 0. The van der Waals surface area contributed by atoms with Crippen molar-refractivity contribution in [1.29, 1.82) is 0 Å². The molecule has 0 saturated carbocycles. The summed E-state index contributed by atoms with van der Waals surface area (Å²) in [5, 5.41) is 0. The van der Waals surface area contributed by atoms with Crippen LogP contribution >= 0.6 is 0 Å². The molecular formula is C26H34N2O2. The Hall–Kier alpha value is -2.17. The number of aryl methyl sites for hydroxylation is 1. The average Bonchev–Trinajstić information content (AvgIpc) is 2.81. The molecule has 30 heavy (non-hydrogen) atoms. The molecule has 2 aromatic rings. The van der Waals surface area contributed by atoms with E-state index in [4.69, 9.17) is 4.74 Å². The van der Waals surface area contributed by atoms with Gasteiger partial charge >= 0.3 is 0 Å². The summed E-state index contributed by atoms with van der Waals surface area (Å²) < 4.78 is 5.43. The Morgan fingerprint density at radius 2 is 1.50 bits per heavy atom. The first-order valence-corrected chi connectivity index (χ1v) is 11.5. The zero-order chi connectivity index (χ0) is 20.6. The van der Waals surface area contributed by atoms with Crippen LogP contribution in [0.25, 0.3) is 0 Å². The van der Waals surface area contributed by atoms with E-state index in [1.54, 1.807) is 0 Å². The zero-order valence-electron chi connectivity index (χ0n) is 18.0. The lowest BCUT2D eigenvalue weighted by molar-refractivity contribution is -0.132. The highest BCUT2D eigenvalue weighted by molar-refractivity contribution is 5.76. The Morgan fingerprint density at radius 1 is 0.833 bits per heavy atom. The van der Waals surface area contributed by atoms with Gasteiger partial charge in [0.1, 0.15) is 0 Å². The summed E-state index contributed by atoms with van der Waals surface area (Å²) in [5.41, 5.74) is 4.06. The lowest BCUT2D eigenvalue weighted by atomic mass is 9.89. The highest BCUT2D eigenvalue weighted by Crippen LogP contribution is 2.23. The number of carbonyl (C=O) groups is 1. The third kappa shape index (κ3) is 6.16. The van der Waals surface area contributed by atoms with E-state index in [1.165, 1.54) is 16.7 Å². The maximum Gasteiger partial charge on any atom is 0.222 e. The summed E-state index contributed by atoms with van der Waals surface area (Å²) in [6.45, 7) is 6.61. The fourth-order valence-corrected chi connectivity index (χ4v) is 4.57. The first kappa shape index (κ1) is 21.1. The van der Waals surface area contributed by atoms with Crippen molar-refractivity contribution < 1.29 is 9.53 Å². The Bertz CT molecular complexity index is 776. The standard InChI is InChI=1S/C26H34N2O2/c29-26(11-10-22-4-2-1-3-5-22)28-14-12-24(13-15-28)20-23-6-8-25(9-7-23)21-27-16-18-30-19-17-27/h1-9,24H,10-21H2. The molecular weight excluding hydrogens is 372 g/mol. The van der Waals surface area contributed by atoms with E-state index in [2.05, 4.69) is 46.2 Å². The lowest BCUT2D eigenvalue weighted by Gasteiger charge is -2.32. The molecule has 4 heteroatoms. The van der Waals surface area contributed by atoms with Gasteiger partial charge in [0.25, 0.3) is 0 Å². The minimum absolute atomic E-state index is 0.310. The molecule has 160 valence electrons. The van der Waals surface area contributed by atoms with Gasteiger partial charge in [-0.3, -0.25) is 9.69 Å². The molecule has 1 amide bonds. The lowest BCUT2D eigenvalue weighted by Crippen LogP contribution is -2.39. The monoisotopic (exact) mass is 406 g/mol. The molecule has 2 aliphatic rings. The van der Waals surface area contributed by atoms with Crippen molar-refractivity contribution in [3.8, 4) is 0 Å². The van der Waals surface area contributed by atoms with Crippen LogP contribution in [0.3, 0.4) is 0 Å². The molecule has 4 rings (SSSR count). The maximum atomic E-state index is 12.6. The van der Waals surface area contributed by atoms with Crippen molar-refractivity contribution in [2.75, 3.05) is 39.4 Å². The predicted molar refractivity (Wildman–Crippen MR) is 120 cm³/mol. The minimum atomic E-state index is 0.310. The zero-order valence-corrected chi connectivity index (χ0v) is 18.0. The van der Waals surface area contributed by atoms with Gasteiger partial charge in [0.2, 0.25) is 5.91 Å². The first-order chi connectivity index (χ1) is 14.8. The van der Waals surface area contributed by atoms with E-state index in [9.17, 15) is 4.79 Å². The fourth-order valence-electron chi connectivity index (χ4n) is 4.57. The van der Waals surface area contributed by atoms with Crippen LogP contribution in [0.1, 0.15) is 36.0 Å². The van der Waals surface area contributed by atoms with Crippen LogP contribution in [-0.2, 0) is 28.9 Å². The number of benzene rings is 2. The highest BCUT2D eigenvalue weighted by Gasteiger charge is 2.22. The number of hydrogen-bond acceptors (Lipinski definition) is 3. The number of likely N-dealkylation sites (tertiary alicyclic amines) is 1. The van der Waals surface area contributed by atoms with E-state index in [0.717, 1.165) is 71.6 Å². The topological polar surface area (TPSA) is 32.8 Å². The number of nitrogens with zero attached hydrogens (tertiary/aromatic N) is 2. The van der Waals surface area contributed by atoms with Crippen molar-refractivity contribution in [1.82, 2.24) is 9.80 Å². The minimum Gasteiger partial charge on any atom is -0.379 e. The van der Waals surface area contributed by atoms with Gasteiger partial charge < -0.3 is 9.64 Å². The second kappa shape index (κ2) is 10.7.